The van der Waals surface area contributed by atoms with Gasteiger partial charge in [-0.1, -0.05) is 12.1 Å². The number of rotatable bonds is 7. The van der Waals surface area contributed by atoms with Crippen LogP contribution in [-0.4, -0.2) is 31.5 Å². The average Bonchev–Trinajstić information content (AvgIpc) is 2.39. The number of ketones is 1. The molecule has 0 aliphatic rings. The predicted octanol–water partition coefficient (Wildman–Crippen LogP) is 1.31. The van der Waals surface area contributed by atoms with E-state index < -0.39 is 12.0 Å². The molecule has 1 rings (SSSR count). The van der Waals surface area contributed by atoms with E-state index in [2.05, 4.69) is 5.32 Å². The highest BCUT2D eigenvalue weighted by Crippen LogP contribution is 2.12. The van der Waals surface area contributed by atoms with Crippen molar-refractivity contribution in [1.29, 1.82) is 0 Å². The van der Waals surface area contributed by atoms with E-state index in [9.17, 15) is 9.59 Å². The Morgan fingerprint density at radius 3 is 2.68 bits per heavy atom. The van der Waals surface area contributed by atoms with Crippen LogP contribution in [0.25, 0.3) is 0 Å². The smallest absolute Gasteiger partial charge is 0.330 e. The molecule has 1 aromatic carbocycles. The molecule has 5 heteroatoms. The summed E-state index contributed by atoms with van der Waals surface area (Å²) in [6.45, 7) is 3.71. The van der Waals surface area contributed by atoms with Gasteiger partial charge in [0.2, 0.25) is 0 Å². The quantitative estimate of drug-likeness (QED) is 0.595. The van der Waals surface area contributed by atoms with Crippen LogP contribution in [-0.2, 0) is 20.9 Å². The van der Waals surface area contributed by atoms with Crippen LogP contribution in [0.3, 0.4) is 0 Å². The number of esters is 1. The normalized spacial score (nSPS) is 11.7. The summed E-state index contributed by atoms with van der Waals surface area (Å²) in [5.74, 6) is -0.0750. The zero-order valence-corrected chi connectivity index (χ0v) is 11.4. The Balaban J connectivity index is 2.65. The highest BCUT2D eigenvalue weighted by atomic mass is 16.5. The maximum absolute atomic E-state index is 11.6. The number of carbonyl (C=O) groups excluding carboxylic acids is 2. The summed E-state index contributed by atoms with van der Waals surface area (Å²) in [5, 5.41) is 2.89. The van der Waals surface area contributed by atoms with Crippen molar-refractivity contribution < 1.29 is 19.1 Å². The number of Topliss-reactive ketones (excluding diaryl/α,β-unsaturated/α-hetero) is 1. The standard InChI is InChI=1S/C14H19NO4/c1-4-19-14(17)13(10(2)16)15-9-11-6-5-7-12(8-11)18-3/h5-8,13,15H,4,9H2,1-3H3. The fourth-order valence-electron chi connectivity index (χ4n) is 1.62. The van der Waals surface area contributed by atoms with Crippen LogP contribution in [0.15, 0.2) is 24.3 Å². The lowest BCUT2D eigenvalue weighted by atomic mass is 10.1. The number of ether oxygens (including phenoxy) is 2. The molecule has 1 aromatic rings. The third-order valence-electron chi connectivity index (χ3n) is 2.57. The summed E-state index contributed by atoms with van der Waals surface area (Å²) in [4.78, 5) is 23.0. The van der Waals surface area contributed by atoms with Gasteiger partial charge in [-0.25, -0.2) is 4.79 Å². The van der Waals surface area contributed by atoms with Crippen molar-refractivity contribution in [3.05, 3.63) is 29.8 Å². The topological polar surface area (TPSA) is 64.6 Å². The summed E-state index contributed by atoms with van der Waals surface area (Å²) in [7, 11) is 1.59. The van der Waals surface area contributed by atoms with Crippen LogP contribution in [0.1, 0.15) is 19.4 Å². The monoisotopic (exact) mass is 265 g/mol. The molecular weight excluding hydrogens is 246 g/mol. The first-order valence-electron chi connectivity index (χ1n) is 6.12. The van der Waals surface area contributed by atoms with Crippen molar-refractivity contribution in [2.75, 3.05) is 13.7 Å². The van der Waals surface area contributed by atoms with Crippen LogP contribution in [0.2, 0.25) is 0 Å². The summed E-state index contributed by atoms with van der Waals surface area (Å²) in [6.07, 6.45) is 0. The lowest BCUT2D eigenvalue weighted by Gasteiger charge is -2.14. The van der Waals surface area contributed by atoms with E-state index in [-0.39, 0.29) is 12.4 Å². The highest BCUT2D eigenvalue weighted by Gasteiger charge is 2.23. The van der Waals surface area contributed by atoms with E-state index in [1.807, 2.05) is 24.3 Å². The Labute approximate surface area is 112 Å². The molecule has 5 nitrogen and oxygen atoms in total. The molecule has 0 heterocycles. The van der Waals surface area contributed by atoms with Gasteiger partial charge in [0.25, 0.3) is 0 Å². The molecule has 1 N–H and O–H groups in total. The maximum atomic E-state index is 11.6. The van der Waals surface area contributed by atoms with Crippen molar-refractivity contribution in [3.8, 4) is 5.75 Å². The van der Waals surface area contributed by atoms with Gasteiger partial charge in [0.1, 0.15) is 5.75 Å². The van der Waals surface area contributed by atoms with Crippen molar-refractivity contribution in [1.82, 2.24) is 5.32 Å². The Hall–Kier alpha value is -1.88. The second-order valence-electron chi connectivity index (χ2n) is 4.03. The van der Waals surface area contributed by atoms with E-state index in [0.717, 1.165) is 11.3 Å². The molecule has 0 saturated heterocycles. The molecule has 1 unspecified atom stereocenters. The fraction of sp³-hybridized carbons (Fsp3) is 0.429. The first kappa shape index (κ1) is 15.2. The third kappa shape index (κ3) is 4.71. The second kappa shape index (κ2) is 7.53. The molecule has 104 valence electrons. The van der Waals surface area contributed by atoms with Gasteiger partial charge in [-0.3, -0.25) is 10.1 Å². The van der Waals surface area contributed by atoms with E-state index >= 15 is 0 Å². The second-order valence-corrected chi connectivity index (χ2v) is 4.03. The van der Waals surface area contributed by atoms with Crippen LogP contribution in [0, 0.1) is 0 Å². The molecule has 1 atom stereocenters. The van der Waals surface area contributed by atoms with Gasteiger partial charge in [-0.15, -0.1) is 0 Å². The van der Waals surface area contributed by atoms with Crippen LogP contribution >= 0.6 is 0 Å². The Bertz CT molecular complexity index is 445. The zero-order valence-electron chi connectivity index (χ0n) is 11.4. The molecule has 0 radical (unpaired) electrons. The number of hydrogen-bond acceptors (Lipinski definition) is 5. The van der Waals surface area contributed by atoms with E-state index in [1.54, 1.807) is 14.0 Å². The lowest BCUT2D eigenvalue weighted by molar-refractivity contribution is -0.148. The first-order chi connectivity index (χ1) is 9.08. The molecular formula is C14H19NO4. The van der Waals surface area contributed by atoms with Crippen molar-refractivity contribution in [3.63, 3.8) is 0 Å². The molecule has 0 aliphatic carbocycles. The van der Waals surface area contributed by atoms with Gasteiger partial charge in [0.15, 0.2) is 11.8 Å². The Morgan fingerprint density at radius 2 is 2.11 bits per heavy atom. The number of hydrogen-bond donors (Lipinski definition) is 1. The fourth-order valence-corrected chi connectivity index (χ4v) is 1.62. The highest BCUT2D eigenvalue weighted by molar-refractivity contribution is 6.01. The Morgan fingerprint density at radius 1 is 1.37 bits per heavy atom. The van der Waals surface area contributed by atoms with Gasteiger partial charge >= 0.3 is 5.97 Å². The Kier molecular flexibility index (Phi) is 6.02. The molecule has 0 saturated carbocycles. The third-order valence-corrected chi connectivity index (χ3v) is 2.57. The largest absolute Gasteiger partial charge is 0.497 e. The lowest BCUT2D eigenvalue weighted by Crippen LogP contribution is -2.43. The average molecular weight is 265 g/mol. The minimum atomic E-state index is -0.925. The SMILES string of the molecule is CCOC(=O)C(NCc1cccc(OC)c1)C(C)=O. The number of carbonyl (C=O) groups is 2. The van der Waals surface area contributed by atoms with Crippen LogP contribution < -0.4 is 10.1 Å². The molecule has 0 aromatic heterocycles. The predicted molar refractivity (Wildman–Crippen MR) is 70.9 cm³/mol. The minimum Gasteiger partial charge on any atom is -0.497 e. The zero-order chi connectivity index (χ0) is 14.3. The summed E-state index contributed by atoms with van der Waals surface area (Å²) in [5.41, 5.74) is 0.926. The van der Waals surface area contributed by atoms with Crippen LogP contribution in [0.5, 0.6) is 5.75 Å². The van der Waals surface area contributed by atoms with Crippen molar-refractivity contribution in [2.24, 2.45) is 0 Å². The molecule has 0 aliphatic heterocycles. The van der Waals surface area contributed by atoms with E-state index in [4.69, 9.17) is 9.47 Å². The van der Waals surface area contributed by atoms with Gasteiger partial charge in [0.05, 0.1) is 13.7 Å². The molecule has 0 fully saturated rings. The summed E-state index contributed by atoms with van der Waals surface area (Å²) < 4.78 is 9.96. The maximum Gasteiger partial charge on any atom is 0.330 e. The van der Waals surface area contributed by atoms with Crippen LogP contribution in [0.4, 0.5) is 0 Å². The van der Waals surface area contributed by atoms with Crippen molar-refractivity contribution >= 4 is 11.8 Å². The first-order valence-corrected chi connectivity index (χ1v) is 6.12. The number of methoxy groups -OCH3 is 1. The van der Waals surface area contributed by atoms with Gasteiger partial charge in [-0.2, -0.15) is 0 Å². The molecule has 0 spiro atoms. The number of nitrogens with one attached hydrogen (secondary N) is 1. The molecule has 0 bridgehead atoms. The number of benzene rings is 1. The van der Waals surface area contributed by atoms with Gasteiger partial charge < -0.3 is 9.47 Å². The van der Waals surface area contributed by atoms with Gasteiger partial charge in [-0.05, 0) is 31.5 Å². The van der Waals surface area contributed by atoms with E-state index in [0.29, 0.717) is 6.54 Å². The minimum absolute atomic E-state index is 0.253. The van der Waals surface area contributed by atoms with Crippen molar-refractivity contribution in [2.45, 2.75) is 26.4 Å². The summed E-state index contributed by atoms with van der Waals surface area (Å²) in [6, 6.07) is 6.49. The summed E-state index contributed by atoms with van der Waals surface area (Å²) >= 11 is 0. The van der Waals surface area contributed by atoms with Gasteiger partial charge in [0, 0.05) is 6.54 Å². The molecule has 0 amide bonds. The van der Waals surface area contributed by atoms with E-state index in [1.165, 1.54) is 6.92 Å². The molecule has 19 heavy (non-hydrogen) atoms.